The molecule has 1 N–H and O–H groups in total. The summed E-state index contributed by atoms with van der Waals surface area (Å²) in [4.78, 5) is 13.0. The molecule has 182 valence electrons. The highest BCUT2D eigenvalue weighted by atomic mass is 19.4. The molecule has 3 aromatic rings. The van der Waals surface area contributed by atoms with Crippen LogP contribution in [-0.2, 0) is 9.47 Å². The van der Waals surface area contributed by atoms with Crippen LogP contribution in [0.15, 0.2) is 43.4 Å². The van der Waals surface area contributed by atoms with Gasteiger partial charge in [-0.15, -0.1) is 0 Å². The summed E-state index contributed by atoms with van der Waals surface area (Å²) in [6.45, 7) is 7.95. The Kier molecular flexibility index (Phi) is 7.77. The Labute approximate surface area is 195 Å². The van der Waals surface area contributed by atoms with E-state index in [-0.39, 0.29) is 17.4 Å². The Morgan fingerprint density at radius 1 is 1.24 bits per heavy atom. The Morgan fingerprint density at radius 2 is 2.00 bits per heavy atom. The Bertz CT molecular complexity index is 1150. The van der Waals surface area contributed by atoms with Gasteiger partial charge in [0.1, 0.15) is 23.8 Å². The number of benzene rings is 1. The normalized spacial score (nSPS) is 12.3. The van der Waals surface area contributed by atoms with Crippen LogP contribution in [0.1, 0.15) is 37.0 Å². The third-order valence-corrected chi connectivity index (χ3v) is 4.69. The second kappa shape index (κ2) is 10.6. The zero-order chi connectivity index (χ0) is 24.9. The molecule has 0 spiro atoms. The topological polar surface area (TPSA) is 83.3 Å². The maximum absolute atomic E-state index is 12.6. The molecule has 34 heavy (non-hydrogen) atoms. The number of methoxy groups -OCH3 is 1. The molecule has 2 aromatic heterocycles. The Hall–Kier alpha value is -3.60. The first-order chi connectivity index (χ1) is 16.1. The van der Waals surface area contributed by atoms with Crippen LogP contribution in [0.25, 0.3) is 11.4 Å². The minimum atomic E-state index is -4.45. The second-order valence-corrected chi connectivity index (χ2v) is 7.36. The van der Waals surface area contributed by atoms with E-state index in [9.17, 15) is 13.2 Å². The predicted molar refractivity (Wildman–Crippen MR) is 121 cm³/mol. The summed E-state index contributed by atoms with van der Waals surface area (Å²) in [5.74, 6) is 0.976. The van der Waals surface area contributed by atoms with E-state index in [1.807, 2.05) is 23.8 Å². The van der Waals surface area contributed by atoms with Crippen molar-refractivity contribution < 1.29 is 27.4 Å². The van der Waals surface area contributed by atoms with Gasteiger partial charge in [-0.05, 0) is 39.0 Å². The molecule has 0 radical (unpaired) electrons. The summed E-state index contributed by atoms with van der Waals surface area (Å²) >= 11 is 0. The van der Waals surface area contributed by atoms with Crippen LogP contribution in [0.5, 0.6) is 5.75 Å². The van der Waals surface area contributed by atoms with Gasteiger partial charge in [0, 0.05) is 18.0 Å². The number of aryl methyl sites for hydroxylation is 1. The molecule has 0 aliphatic carbocycles. The minimum absolute atomic E-state index is 0.143. The molecule has 11 heteroatoms. The molecule has 0 bridgehead atoms. The zero-order valence-corrected chi connectivity index (χ0v) is 19.3. The number of ether oxygens (including phenoxy) is 3. The van der Waals surface area contributed by atoms with Crippen LogP contribution < -0.4 is 10.1 Å². The number of alkyl halides is 3. The van der Waals surface area contributed by atoms with E-state index in [2.05, 4.69) is 26.8 Å². The summed E-state index contributed by atoms with van der Waals surface area (Å²) in [6, 6.07) is 6.88. The molecule has 0 aliphatic rings. The molecule has 0 fully saturated rings. The number of anilines is 2. The number of nitrogens with zero attached hydrogens (tertiary/aromatic N) is 4. The highest BCUT2D eigenvalue weighted by Crippen LogP contribution is 2.29. The summed E-state index contributed by atoms with van der Waals surface area (Å²) in [6.07, 6.45) is -1.85. The SMILES string of the molecule is C=C(OCC)c1cc(C(C)OCC(F)(F)F)nc(Nc2ccc(-n3cnc(C)c3)c(OC)c2)n1. The standard InChI is InChI=1S/C23H26F3N5O3/c1-6-33-15(3)18-10-19(16(4)34-12-23(24,25)26)30-22(29-18)28-17-7-8-20(21(9-17)32-5)31-11-14(2)27-13-31/h7-11,13,16H,3,6,12H2,1-2,4-5H3,(H,28,29,30). The van der Waals surface area contributed by atoms with Gasteiger partial charge in [-0.3, -0.25) is 0 Å². The quantitative estimate of drug-likeness (QED) is 0.393. The summed E-state index contributed by atoms with van der Waals surface area (Å²) in [5.41, 5.74) is 2.82. The first-order valence-electron chi connectivity index (χ1n) is 10.4. The molecule has 8 nitrogen and oxygen atoms in total. The number of rotatable bonds is 10. The fourth-order valence-electron chi connectivity index (χ4n) is 3.08. The Balaban J connectivity index is 1.91. The average Bonchev–Trinajstić information content (AvgIpc) is 3.22. The van der Waals surface area contributed by atoms with Crippen LogP contribution in [-0.4, -0.2) is 46.0 Å². The Morgan fingerprint density at radius 3 is 2.62 bits per heavy atom. The van der Waals surface area contributed by atoms with Crippen molar-refractivity contribution in [1.29, 1.82) is 0 Å². The summed E-state index contributed by atoms with van der Waals surface area (Å²) in [7, 11) is 1.55. The van der Waals surface area contributed by atoms with E-state index in [0.717, 1.165) is 11.4 Å². The fraction of sp³-hybridized carbons (Fsp3) is 0.348. The van der Waals surface area contributed by atoms with Crippen LogP contribution >= 0.6 is 0 Å². The molecule has 3 rings (SSSR count). The number of nitrogens with one attached hydrogen (secondary N) is 1. The summed E-state index contributed by atoms with van der Waals surface area (Å²) in [5, 5.41) is 3.07. The molecule has 1 unspecified atom stereocenters. The third kappa shape index (κ3) is 6.47. The summed E-state index contributed by atoms with van der Waals surface area (Å²) < 4.78 is 55.6. The first-order valence-corrected chi connectivity index (χ1v) is 10.4. The molecule has 1 aromatic carbocycles. The third-order valence-electron chi connectivity index (χ3n) is 4.69. The lowest BCUT2D eigenvalue weighted by Crippen LogP contribution is -2.19. The number of imidazole rings is 1. The van der Waals surface area contributed by atoms with Gasteiger partial charge >= 0.3 is 6.18 Å². The smallest absolute Gasteiger partial charge is 0.411 e. The van der Waals surface area contributed by atoms with Gasteiger partial charge in [0.05, 0.1) is 43.2 Å². The van der Waals surface area contributed by atoms with Gasteiger partial charge in [0.2, 0.25) is 5.95 Å². The van der Waals surface area contributed by atoms with Gasteiger partial charge in [0.25, 0.3) is 0 Å². The molecule has 0 saturated heterocycles. The molecular formula is C23H26F3N5O3. The van der Waals surface area contributed by atoms with Crippen molar-refractivity contribution in [2.24, 2.45) is 0 Å². The average molecular weight is 477 g/mol. The van der Waals surface area contributed by atoms with Crippen molar-refractivity contribution in [2.75, 3.05) is 25.6 Å². The monoisotopic (exact) mass is 477 g/mol. The van der Waals surface area contributed by atoms with Gasteiger partial charge in [-0.25, -0.2) is 15.0 Å². The van der Waals surface area contributed by atoms with Gasteiger partial charge < -0.3 is 24.1 Å². The molecule has 0 aliphatic heterocycles. The van der Waals surface area contributed by atoms with Crippen LogP contribution in [0.2, 0.25) is 0 Å². The first kappa shape index (κ1) is 25.0. The second-order valence-electron chi connectivity index (χ2n) is 7.36. The number of halogens is 3. The van der Waals surface area contributed by atoms with E-state index >= 15 is 0 Å². The van der Waals surface area contributed by atoms with Crippen molar-refractivity contribution in [2.45, 2.75) is 33.1 Å². The lowest BCUT2D eigenvalue weighted by Gasteiger charge is -2.17. The maximum Gasteiger partial charge on any atom is 0.411 e. The predicted octanol–water partition coefficient (Wildman–Crippen LogP) is 5.37. The van der Waals surface area contributed by atoms with Crippen molar-refractivity contribution >= 4 is 17.4 Å². The van der Waals surface area contributed by atoms with Crippen molar-refractivity contribution in [3.8, 4) is 11.4 Å². The minimum Gasteiger partial charge on any atom is -0.494 e. The van der Waals surface area contributed by atoms with Crippen molar-refractivity contribution in [3.63, 3.8) is 0 Å². The molecule has 0 amide bonds. The number of aromatic nitrogens is 4. The van der Waals surface area contributed by atoms with Gasteiger partial charge in [-0.2, -0.15) is 13.2 Å². The molecule has 1 atom stereocenters. The molecular weight excluding hydrogens is 451 g/mol. The van der Waals surface area contributed by atoms with Gasteiger partial charge in [0.15, 0.2) is 0 Å². The van der Waals surface area contributed by atoms with Gasteiger partial charge in [-0.1, -0.05) is 6.58 Å². The zero-order valence-electron chi connectivity index (χ0n) is 19.3. The lowest BCUT2D eigenvalue weighted by atomic mass is 10.2. The van der Waals surface area contributed by atoms with Crippen LogP contribution in [0.3, 0.4) is 0 Å². The van der Waals surface area contributed by atoms with E-state index < -0.39 is 18.9 Å². The molecule has 2 heterocycles. The van der Waals surface area contributed by atoms with Crippen molar-refractivity contribution in [1.82, 2.24) is 19.5 Å². The molecule has 0 saturated carbocycles. The van der Waals surface area contributed by atoms with E-state index in [1.165, 1.54) is 13.0 Å². The largest absolute Gasteiger partial charge is 0.494 e. The number of hydrogen-bond acceptors (Lipinski definition) is 7. The van der Waals surface area contributed by atoms with Crippen molar-refractivity contribution in [3.05, 3.63) is 60.5 Å². The van der Waals surface area contributed by atoms with E-state index in [0.29, 0.717) is 23.7 Å². The van der Waals surface area contributed by atoms with E-state index in [4.69, 9.17) is 14.2 Å². The lowest BCUT2D eigenvalue weighted by molar-refractivity contribution is -0.184. The number of hydrogen-bond donors (Lipinski definition) is 1. The van der Waals surface area contributed by atoms with Crippen LogP contribution in [0.4, 0.5) is 24.8 Å². The van der Waals surface area contributed by atoms with E-state index in [1.54, 1.807) is 32.5 Å². The fourth-order valence-corrected chi connectivity index (χ4v) is 3.08. The maximum atomic E-state index is 12.6. The van der Waals surface area contributed by atoms with Crippen LogP contribution in [0, 0.1) is 6.92 Å². The highest BCUT2D eigenvalue weighted by Gasteiger charge is 2.29. The highest BCUT2D eigenvalue weighted by molar-refractivity contribution is 5.63.